The van der Waals surface area contributed by atoms with Crippen LogP contribution in [0.5, 0.6) is 5.75 Å². The molecule has 0 bridgehead atoms. The van der Waals surface area contributed by atoms with E-state index < -0.39 is 65.8 Å². The van der Waals surface area contributed by atoms with Crippen LogP contribution in [0.25, 0.3) is 21.7 Å². The maximum atomic E-state index is 14.2. The topological polar surface area (TPSA) is 196 Å². The number of aromatic nitrogens is 1. The fraction of sp³-hybridized carbons (Fsp3) is 0.302. The van der Waals surface area contributed by atoms with Gasteiger partial charge in [0.15, 0.2) is 0 Å². The van der Waals surface area contributed by atoms with E-state index in [2.05, 4.69) is 20.9 Å². The average Bonchev–Trinajstić information content (AvgIpc) is 3.58. The lowest BCUT2D eigenvalue weighted by Gasteiger charge is -2.27. The zero-order valence-electron chi connectivity index (χ0n) is 32.5. The first kappa shape index (κ1) is 41.5. The van der Waals surface area contributed by atoms with Crippen molar-refractivity contribution in [2.45, 2.75) is 70.2 Å². The smallest absolute Gasteiger partial charge is 0.408 e. The predicted molar refractivity (Wildman–Crippen MR) is 213 cm³/mol. The van der Waals surface area contributed by atoms with Crippen molar-refractivity contribution in [3.8, 4) is 5.75 Å². The third-order valence-corrected chi connectivity index (χ3v) is 9.21. The first-order valence-corrected chi connectivity index (χ1v) is 18.4. The average molecular weight is 778 g/mol. The molecule has 0 radical (unpaired) electrons. The largest absolute Gasteiger partial charge is 0.497 e. The van der Waals surface area contributed by atoms with Crippen molar-refractivity contribution in [3.63, 3.8) is 0 Å². The Bertz CT molecular complexity index is 2260. The number of methoxy groups -OCH3 is 1. The van der Waals surface area contributed by atoms with E-state index in [4.69, 9.17) is 9.47 Å². The molecule has 5 aromatic rings. The van der Waals surface area contributed by atoms with Crippen molar-refractivity contribution in [1.29, 1.82) is 0 Å². The highest BCUT2D eigenvalue weighted by Crippen LogP contribution is 2.21. The highest BCUT2D eigenvalue weighted by atomic mass is 16.6. The van der Waals surface area contributed by atoms with Gasteiger partial charge in [-0.2, -0.15) is 0 Å². The molecule has 0 aliphatic carbocycles. The number of H-pyrrole nitrogens is 1. The number of nitrogens with one attached hydrogen (secondary N) is 4. The maximum Gasteiger partial charge on any atom is 0.408 e. The van der Waals surface area contributed by atoms with Gasteiger partial charge >= 0.3 is 12.1 Å². The molecule has 1 aromatic heterocycles. The van der Waals surface area contributed by atoms with Gasteiger partial charge in [-0.1, -0.05) is 72.8 Å². The number of carboxylic acid groups (broad SMARTS) is 1. The Hall–Kier alpha value is -6.70. The van der Waals surface area contributed by atoms with Crippen LogP contribution < -0.4 is 20.7 Å². The van der Waals surface area contributed by atoms with Crippen LogP contribution in [0.2, 0.25) is 0 Å². The van der Waals surface area contributed by atoms with Crippen molar-refractivity contribution in [2.75, 3.05) is 14.2 Å². The number of para-hydroxylation sites is 1. The standard InChI is InChI=1S/C43H47N5O9/c1-43(2,3)57-42(55)47-35(23-30-25-44-33-13-9-8-12-32(30)33)40(53)45-34(21-27-14-17-28-10-6-7-11-29(28)20-27)39(52)46-36(24-38(50)51)41(54)48(4)37(49)22-26-15-18-31(56-5)19-16-26/h6-20,25,34-36,44H,21-24H2,1-5H3,(H,45,53)(H,46,52)(H,47,55)(H,50,51)/t34-,35-,36-/m0/s1. The molecule has 0 fully saturated rings. The highest BCUT2D eigenvalue weighted by molar-refractivity contribution is 6.02. The van der Waals surface area contributed by atoms with Gasteiger partial charge in [0.05, 0.1) is 20.0 Å². The van der Waals surface area contributed by atoms with Gasteiger partial charge in [-0.15, -0.1) is 0 Å². The number of hydrogen-bond acceptors (Lipinski definition) is 8. The number of nitrogens with zero attached hydrogens (tertiary/aromatic N) is 1. The molecule has 298 valence electrons. The maximum absolute atomic E-state index is 14.2. The number of imide groups is 1. The summed E-state index contributed by atoms with van der Waals surface area (Å²) in [5.74, 6) is -4.03. The molecule has 0 saturated heterocycles. The summed E-state index contributed by atoms with van der Waals surface area (Å²) in [6.45, 7) is 5.05. The number of benzene rings is 4. The fourth-order valence-corrected chi connectivity index (χ4v) is 6.30. The van der Waals surface area contributed by atoms with Crippen LogP contribution in [0.15, 0.2) is 97.2 Å². The van der Waals surface area contributed by atoms with Gasteiger partial charge in [0.1, 0.15) is 29.5 Å². The molecule has 0 aliphatic rings. The summed E-state index contributed by atoms with van der Waals surface area (Å²) in [5, 5.41) is 20.3. The van der Waals surface area contributed by atoms with Crippen LogP contribution in [0.3, 0.4) is 0 Å². The quantitative estimate of drug-likeness (QED) is 0.100. The monoisotopic (exact) mass is 777 g/mol. The Morgan fingerprint density at radius 2 is 1.37 bits per heavy atom. The zero-order valence-corrected chi connectivity index (χ0v) is 32.5. The highest BCUT2D eigenvalue weighted by Gasteiger charge is 2.34. The van der Waals surface area contributed by atoms with Crippen molar-refractivity contribution in [3.05, 3.63) is 114 Å². The van der Waals surface area contributed by atoms with Gasteiger partial charge in [0.25, 0.3) is 5.91 Å². The number of hydrogen-bond donors (Lipinski definition) is 5. The molecule has 14 heteroatoms. The SMILES string of the molecule is COc1ccc(CC(=O)N(C)C(=O)[C@H](CC(=O)O)NC(=O)[C@H](Cc2ccc3ccccc3c2)NC(=O)[C@H](Cc2c[nH]c3ccccc23)NC(=O)OC(C)(C)C)cc1. The van der Waals surface area contributed by atoms with Crippen LogP contribution in [0.4, 0.5) is 4.79 Å². The summed E-state index contributed by atoms with van der Waals surface area (Å²) in [7, 11) is 2.72. The number of rotatable bonds is 15. The summed E-state index contributed by atoms with van der Waals surface area (Å²) in [5.41, 5.74) is 1.89. The fourth-order valence-electron chi connectivity index (χ4n) is 6.30. The second kappa shape index (κ2) is 18.3. The minimum atomic E-state index is -1.67. The number of carbonyl (C=O) groups is 6. The number of amides is 5. The number of ether oxygens (including phenoxy) is 2. The Labute approximate surface area is 329 Å². The molecule has 57 heavy (non-hydrogen) atoms. The molecule has 0 aliphatic heterocycles. The van der Waals surface area contributed by atoms with Crippen LogP contribution in [-0.4, -0.2) is 88.6 Å². The lowest BCUT2D eigenvalue weighted by Crippen LogP contribution is -2.58. The lowest BCUT2D eigenvalue weighted by molar-refractivity contribution is -0.149. The first-order valence-electron chi connectivity index (χ1n) is 18.4. The van der Waals surface area contributed by atoms with E-state index in [1.54, 1.807) is 57.3 Å². The number of aliphatic carboxylic acids is 1. The summed E-state index contributed by atoms with van der Waals surface area (Å²) >= 11 is 0. The van der Waals surface area contributed by atoms with Crippen molar-refractivity contribution in [1.82, 2.24) is 25.8 Å². The van der Waals surface area contributed by atoms with Gasteiger partial charge < -0.3 is 35.5 Å². The predicted octanol–water partition coefficient (Wildman–Crippen LogP) is 4.68. The van der Waals surface area contributed by atoms with Crippen molar-refractivity contribution in [2.24, 2.45) is 0 Å². The van der Waals surface area contributed by atoms with Crippen LogP contribution in [0.1, 0.15) is 43.9 Å². The van der Waals surface area contributed by atoms with E-state index in [0.717, 1.165) is 26.6 Å². The number of alkyl carbamates (subject to hydrolysis) is 1. The molecule has 5 rings (SSSR count). The third-order valence-electron chi connectivity index (χ3n) is 9.21. The number of aromatic amines is 1. The first-order chi connectivity index (χ1) is 27.1. The Balaban J connectivity index is 1.42. The summed E-state index contributed by atoms with van der Waals surface area (Å²) in [6, 6.07) is 22.9. The summed E-state index contributed by atoms with van der Waals surface area (Å²) in [4.78, 5) is 84.3. The zero-order chi connectivity index (χ0) is 41.3. The lowest BCUT2D eigenvalue weighted by atomic mass is 9.99. The number of fused-ring (bicyclic) bond motifs is 2. The molecule has 0 saturated carbocycles. The Morgan fingerprint density at radius 1 is 0.754 bits per heavy atom. The normalized spacial score (nSPS) is 12.9. The minimum absolute atomic E-state index is 0.0145. The molecular formula is C43H47N5O9. The van der Waals surface area contributed by atoms with Crippen molar-refractivity contribution >= 4 is 57.4 Å². The molecule has 0 spiro atoms. The molecule has 1 heterocycles. The molecule has 0 unspecified atom stereocenters. The molecule has 5 amide bonds. The molecular weight excluding hydrogens is 730 g/mol. The van der Waals surface area contributed by atoms with Gasteiger partial charge in [-0.3, -0.25) is 28.9 Å². The van der Waals surface area contributed by atoms with E-state index in [-0.39, 0.29) is 19.3 Å². The van der Waals surface area contributed by atoms with Gasteiger partial charge in [-0.05, 0) is 66.4 Å². The Kier molecular flexibility index (Phi) is 13.3. The minimum Gasteiger partial charge on any atom is -0.497 e. The van der Waals surface area contributed by atoms with Gasteiger partial charge in [0.2, 0.25) is 17.7 Å². The van der Waals surface area contributed by atoms with E-state index in [0.29, 0.717) is 22.4 Å². The van der Waals surface area contributed by atoms with E-state index in [1.165, 1.54) is 14.2 Å². The van der Waals surface area contributed by atoms with E-state index in [9.17, 15) is 33.9 Å². The van der Waals surface area contributed by atoms with Crippen molar-refractivity contribution < 1.29 is 43.3 Å². The molecule has 3 atom stereocenters. The molecule has 14 nitrogen and oxygen atoms in total. The van der Waals surface area contributed by atoms with Crippen LogP contribution in [-0.2, 0) is 48.0 Å². The van der Waals surface area contributed by atoms with Crippen LogP contribution >= 0.6 is 0 Å². The third kappa shape index (κ3) is 11.4. The molecule has 4 aromatic carbocycles. The van der Waals surface area contributed by atoms with E-state index >= 15 is 0 Å². The second-order valence-corrected chi connectivity index (χ2v) is 14.7. The summed E-state index contributed by atoms with van der Waals surface area (Å²) in [6.07, 6.45) is -0.203. The van der Waals surface area contributed by atoms with Gasteiger partial charge in [-0.25, -0.2) is 4.79 Å². The Morgan fingerprint density at radius 3 is 2.04 bits per heavy atom. The number of likely N-dealkylation sites (N-methyl/N-ethyl adjacent to an activating group) is 1. The van der Waals surface area contributed by atoms with E-state index in [1.807, 2.05) is 60.7 Å². The van der Waals surface area contributed by atoms with Gasteiger partial charge in [0, 0.05) is 37.0 Å². The van der Waals surface area contributed by atoms with Crippen LogP contribution in [0, 0.1) is 0 Å². The summed E-state index contributed by atoms with van der Waals surface area (Å²) < 4.78 is 10.6. The molecule has 5 N–H and O–H groups in total. The number of carboxylic acids is 1. The second-order valence-electron chi connectivity index (χ2n) is 14.7. The number of carbonyl (C=O) groups excluding carboxylic acids is 5.